The summed E-state index contributed by atoms with van der Waals surface area (Å²) >= 11 is 0. The molecule has 0 saturated carbocycles. The fourth-order valence-electron chi connectivity index (χ4n) is 3.89. The first kappa shape index (κ1) is 26.5. The molecule has 0 amide bonds. The van der Waals surface area contributed by atoms with Crippen LogP contribution in [0, 0.1) is 39.4 Å². The molecule has 38 heavy (non-hydrogen) atoms. The lowest BCUT2D eigenvalue weighted by Crippen LogP contribution is -1.97. The van der Waals surface area contributed by atoms with E-state index < -0.39 is 22.4 Å². The average Bonchev–Trinajstić information content (AvgIpc) is 2.92. The maximum absolute atomic E-state index is 14.7. The number of unbranched alkanes of at least 4 members (excludes halogenated alkanes) is 2. The van der Waals surface area contributed by atoms with Crippen molar-refractivity contribution in [2.24, 2.45) is 0 Å². The van der Waals surface area contributed by atoms with Gasteiger partial charge < -0.3 is 4.74 Å². The summed E-state index contributed by atoms with van der Waals surface area (Å²) in [6.45, 7) is 2.74. The van der Waals surface area contributed by atoms with Crippen molar-refractivity contribution < 1.29 is 22.8 Å². The Morgan fingerprint density at radius 1 is 0.763 bits per heavy atom. The summed E-state index contributed by atoms with van der Waals surface area (Å²) in [7, 11) is 0. The molecule has 0 aliphatic rings. The molecule has 0 fully saturated rings. The van der Waals surface area contributed by atoms with Crippen LogP contribution in [0.1, 0.15) is 37.3 Å². The van der Waals surface area contributed by atoms with Gasteiger partial charge in [0.25, 0.3) is 5.69 Å². The molecular weight excluding hydrogens is 491 g/mol. The van der Waals surface area contributed by atoms with Crippen molar-refractivity contribution >= 4 is 5.69 Å². The molecule has 0 heterocycles. The van der Waals surface area contributed by atoms with Crippen LogP contribution in [0.3, 0.4) is 0 Å². The van der Waals surface area contributed by atoms with Crippen LogP contribution in [0.25, 0.3) is 22.3 Å². The second-order valence-corrected chi connectivity index (χ2v) is 8.64. The maximum Gasteiger partial charge on any atom is 0.278 e. The summed E-state index contributed by atoms with van der Waals surface area (Å²) in [4.78, 5) is 11.3. The minimum atomic E-state index is -1.02. The quantitative estimate of drug-likeness (QED) is 0.103. The number of nitro benzene ring substituents is 1. The standard InChI is InChI=1S/C31H24F3NO3/c1-2-3-4-17-38-26-13-10-22(11-14-26)27-15-6-21(18-31(27)35(36)37)5-7-23-8-9-24(19-29(23)33)25-12-16-28(32)30(34)20-25/h6,8-16,18-20H,2-4,17H2,1H3. The highest BCUT2D eigenvalue weighted by molar-refractivity contribution is 5.75. The monoisotopic (exact) mass is 515 g/mol. The molecule has 4 rings (SSSR count). The fourth-order valence-corrected chi connectivity index (χ4v) is 3.89. The molecule has 0 N–H and O–H groups in total. The minimum Gasteiger partial charge on any atom is -0.494 e. The van der Waals surface area contributed by atoms with E-state index in [2.05, 4.69) is 18.8 Å². The van der Waals surface area contributed by atoms with Crippen molar-refractivity contribution in [3.8, 4) is 39.8 Å². The van der Waals surface area contributed by atoms with E-state index in [-0.39, 0.29) is 11.3 Å². The maximum atomic E-state index is 14.7. The zero-order chi connectivity index (χ0) is 27.1. The molecule has 0 unspecified atom stereocenters. The van der Waals surface area contributed by atoms with Gasteiger partial charge in [0.1, 0.15) is 11.6 Å². The minimum absolute atomic E-state index is 0.0672. The van der Waals surface area contributed by atoms with Crippen LogP contribution in [0.5, 0.6) is 5.75 Å². The normalized spacial score (nSPS) is 10.5. The van der Waals surface area contributed by atoms with Crippen molar-refractivity contribution in [1.82, 2.24) is 0 Å². The first-order chi connectivity index (χ1) is 18.4. The first-order valence-electron chi connectivity index (χ1n) is 12.1. The van der Waals surface area contributed by atoms with Crippen LogP contribution >= 0.6 is 0 Å². The van der Waals surface area contributed by atoms with Crippen LogP contribution in [0.2, 0.25) is 0 Å². The molecule has 0 aliphatic heterocycles. The summed E-state index contributed by atoms with van der Waals surface area (Å²) in [5.74, 6) is 3.50. The Hall–Kier alpha value is -4.57. The van der Waals surface area contributed by atoms with Gasteiger partial charge in [-0.05, 0) is 71.6 Å². The summed E-state index contributed by atoms with van der Waals surface area (Å²) in [5, 5.41) is 11.8. The van der Waals surface area contributed by atoms with Crippen molar-refractivity contribution in [2.45, 2.75) is 26.2 Å². The molecule has 0 bridgehead atoms. The molecule has 4 aromatic rings. The third-order valence-electron chi connectivity index (χ3n) is 5.94. The molecule has 0 aliphatic carbocycles. The number of nitro groups is 1. The average molecular weight is 516 g/mol. The van der Waals surface area contributed by atoms with Gasteiger partial charge in [0.15, 0.2) is 11.6 Å². The Balaban J connectivity index is 1.54. The van der Waals surface area contributed by atoms with Gasteiger partial charge in [0.2, 0.25) is 0 Å². The lowest BCUT2D eigenvalue weighted by molar-refractivity contribution is -0.384. The van der Waals surface area contributed by atoms with E-state index >= 15 is 0 Å². The van der Waals surface area contributed by atoms with Gasteiger partial charge in [0, 0.05) is 11.6 Å². The largest absolute Gasteiger partial charge is 0.494 e. The zero-order valence-electron chi connectivity index (χ0n) is 20.6. The number of rotatable bonds is 8. The van der Waals surface area contributed by atoms with Crippen LogP contribution < -0.4 is 4.74 Å². The van der Waals surface area contributed by atoms with Gasteiger partial charge in [-0.1, -0.05) is 55.9 Å². The third kappa shape index (κ3) is 6.40. The van der Waals surface area contributed by atoms with Crippen LogP contribution in [-0.2, 0) is 0 Å². The highest BCUT2D eigenvalue weighted by atomic mass is 19.2. The van der Waals surface area contributed by atoms with E-state index in [0.717, 1.165) is 31.4 Å². The number of ether oxygens (including phenoxy) is 1. The third-order valence-corrected chi connectivity index (χ3v) is 5.94. The Morgan fingerprint density at radius 2 is 1.45 bits per heavy atom. The van der Waals surface area contributed by atoms with Crippen molar-refractivity contribution in [3.63, 3.8) is 0 Å². The molecule has 7 heteroatoms. The number of benzene rings is 4. The molecule has 0 radical (unpaired) electrons. The van der Waals surface area contributed by atoms with Gasteiger partial charge in [-0.15, -0.1) is 0 Å². The Morgan fingerprint density at radius 3 is 2.11 bits per heavy atom. The summed E-state index contributed by atoms with van der Waals surface area (Å²) in [6.07, 6.45) is 3.16. The first-order valence-corrected chi connectivity index (χ1v) is 12.1. The predicted octanol–water partition coefficient (Wildman–Crippen LogP) is 8.31. The van der Waals surface area contributed by atoms with Crippen LogP contribution in [0.15, 0.2) is 78.9 Å². The number of hydrogen-bond acceptors (Lipinski definition) is 3. The predicted molar refractivity (Wildman–Crippen MR) is 141 cm³/mol. The Bertz CT molecular complexity index is 1520. The van der Waals surface area contributed by atoms with E-state index in [9.17, 15) is 23.3 Å². The number of nitrogens with zero attached hydrogens (tertiary/aromatic N) is 1. The summed E-state index contributed by atoms with van der Waals surface area (Å²) in [5.41, 5.74) is 2.07. The molecule has 0 aromatic heterocycles. The summed E-state index contributed by atoms with van der Waals surface area (Å²) < 4.78 is 47.1. The molecule has 192 valence electrons. The number of halogens is 3. The Kier molecular flexibility index (Phi) is 8.44. The Labute approximate surface area is 218 Å². The lowest BCUT2D eigenvalue weighted by atomic mass is 10.0. The smallest absolute Gasteiger partial charge is 0.278 e. The topological polar surface area (TPSA) is 52.4 Å². The molecule has 4 nitrogen and oxygen atoms in total. The summed E-state index contributed by atoms with van der Waals surface area (Å²) in [6, 6.07) is 19.2. The van der Waals surface area contributed by atoms with Gasteiger partial charge in [-0.25, -0.2) is 13.2 Å². The van der Waals surface area contributed by atoms with Crippen LogP contribution in [0.4, 0.5) is 18.9 Å². The lowest BCUT2D eigenvalue weighted by Gasteiger charge is -2.08. The highest BCUT2D eigenvalue weighted by Crippen LogP contribution is 2.32. The SMILES string of the molecule is CCCCCOc1ccc(-c2ccc(C#Cc3ccc(-c4ccc(F)c(F)c4)cc3F)cc2[N+](=O)[O-])cc1. The van der Waals surface area contributed by atoms with E-state index in [0.29, 0.717) is 40.2 Å². The molecule has 0 atom stereocenters. The van der Waals surface area contributed by atoms with Gasteiger partial charge in [0.05, 0.1) is 22.7 Å². The van der Waals surface area contributed by atoms with Gasteiger partial charge in [-0.3, -0.25) is 10.1 Å². The zero-order valence-corrected chi connectivity index (χ0v) is 20.6. The second kappa shape index (κ2) is 12.1. The molecular formula is C31H24F3NO3. The van der Waals surface area contributed by atoms with Crippen molar-refractivity contribution in [3.05, 3.63) is 118 Å². The second-order valence-electron chi connectivity index (χ2n) is 8.64. The van der Waals surface area contributed by atoms with Crippen molar-refractivity contribution in [2.75, 3.05) is 6.61 Å². The molecule has 4 aromatic carbocycles. The fraction of sp³-hybridized carbons (Fsp3) is 0.161. The molecule has 0 spiro atoms. The van der Waals surface area contributed by atoms with Crippen molar-refractivity contribution in [1.29, 1.82) is 0 Å². The van der Waals surface area contributed by atoms with E-state index in [1.54, 1.807) is 42.5 Å². The van der Waals surface area contributed by atoms with Gasteiger partial charge in [-0.2, -0.15) is 0 Å². The van der Waals surface area contributed by atoms with E-state index in [1.807, 2.05) is 0 Å². The van der Waals surface area contributed by atoms with E-state index in [4.69, 9.17) is 4.74 Å². The highest BCUT2D eigenvalue weighted by Gasteiger charge is 2.16. The number of hydrogen-bond donors (Lipinski definition) is 0. The van der Waals surface area contributed by atoms with E-state index in [1.165, 1.54) is 24.3 Å². The van der Waals surface area contributed by atoms with Gasteiger partial charge >= 0.3 is 0 Å². The van der Waals surface area contributed by atoms with Crippen LogP contribution in [-0.4, -0.2) is 11.5 Å². The molecule has 0 saturated heterocycles.